The van der Waals surface area contributed by atoms with E-state index in [9.17, 15) is 8.78 Å². The Morgan fingerprint density at radius 3 is 2.65 bits per heavy atom. The van der Waals surface area contributed by atoms with Gasteiger partial charge in [-0.15, -0.1) is 0 Å². The monoisotopic (exact) mass is 241 g/mol. The molecule has 0 amide bonds. The number of hydrogen-bond donors (Lipinski definition) is 0. The average molecular weight is 241 g/mol. The Balaban J connectivity index is 2.07. The minimum Gasteiger partial charge on any atom is -0.380 e. The van der Waals surface area contributed by atoms with Crippen molar-refractivity contribution in [2.24, 2.45) is 0 Å². The number of benzene rings is 1. The molecule has 0 bridgehead atoms. The van der Waals surface area contributed by atoms with Crippen molar-refractivity contribution >= 4 is 0 Å². The van der Waals surface area contributed by atoms with Gasteiger partial charge in [0.25, 0.3) is 0 Å². The predicted molar refractivity (Wildman–Crippen MR) is 61.7 cm³/mol. The van der Waals surface area contributed by atoms with Gasteiger partial charge in [-0.05, 0) is 31.0 Å². The van der Waals surface area contributed by atoms with Gasteiger partial charge in [0.15, 0.2) is 0 Å². The molecular formula is C13H17F2NO. The van der Waals surface area contributed by atoms with Crippen LogP contribution in [0.2, 0.25) is 0 Å². The lowest BCUT2D eigenvalue weighted by Gasteiger charge is -2.26. The van der Waals surface area contributed by atoms with Crippen molar-refractivity contribution < 1.29 is 13.5 Å². The van der Waals surface area contributed by atoms with Crippen LogP contribution in [0.1, 0.15) is 18.9 Å². The van der Waals surface area contributed by atoms with Crippen LogP contribution in [-0.2, 0) is 11.3 Å². The van der Waals surface area contributed by atoms with Gasteiger partial charge in [-0.1, -0.05) is 0 Å². The minimum absolute atomic E-state index is 0.379. The van der Waals surface area contributed by atoms with Gasteiger partial charge in [0.1, 0.15) is 11.6 Å². The van der Waals surface area contributed by atoms with Gasteiger partial charge >= 0.3 is 0 Å². The van der Waals surface area contributed by atoms with Crippen molar-refractivity contribution in [3.63, 3.8) is 0 Å². The molecule has 0 spiro atoms. The maximum absolute atomic E-state index is 13.1. The van der Waals surface area contributed by atoms with E-state index in [-0.39, 0.29) is 0 Å². The molecule has 1 fully saturated rings. The maximum atomic E-state index is 13.1. The molecule has 1 atom stereocenters. The van der Waals surface area contributed by atoms with Crippen LogP contribution in [-0.4, -0.2) is 30.7 Å². The normalized spacial score (nSPS) is 22.4. The van der Waals surface area contributed by atoms with Crippen molar-refractivity contribution in [2.75, 3.05) is 19.8 Å². The van der Waals surface area contributed by atoms with E-state index < -0.39 is 11.6 Å². The topological polar surface area (TPSA) is 12.5 Å². The van der Waals surface area contributed by atoms with Gasteiger partial charge in [0.2, 0.25) is 0 Å². The first-order valence-electron chi connectivity index (χ1n) is 5.92. The molecule has 0 radical (unpaired) electrons. The third-order valence-corrected chi connectivity index (χ3v) is 3.13. The highest BCUT2D eigenvalue weighted by molar-refractivity contribution is 5.17. The summed E-state index contributed by atoms with van der Waals surface area (Å²) in [5, 5.41) is 0. The molecule has 17 heavy (non-hydrogen) atoms. The lowest BCUT2D eigenvalue weighted by atomic mass is 10.1. The smallest absolute Gasteiger partial charge is 0.126 e. The number of nitrogens with zero attached hydrogens (tertiary/aromatic N) is 1. The number of hydrogen-bond acceptors (Lipinski definition) is 2. The highest BCUT2D eigenvalue weighted by Gasteiger charge is 2.17. The average Bonchev–Trinajstić information content (AvgIpc) is 2.43. The summed E-state index contributed by atoms with van der Waals surface area (Å²) < 4.78 is 31.5. The molecule has 0 unspecified atom stereocenters. The van der Waals surface area contributed by atoms with E-state index in [1.807, 2.05) is 0 Å². The van der Waals surface area contributed by atoms with Crippen LogP contribution in [0.5, 0.6) is 0 Å². The molecule has 1 aromatic carbocycles. The molecule has 0 saturated carbocycles. The Labute approximate surface area is 100 Å². The van der Waals surface area contributed by atoms with Crippen LogP contribution in [0.4, 0.5) is 8.78 Å². The Morgan fingerprint density at radius 2 is 1.94 bits per heavy atom. The first-order valence-corrected chi connectivity index (χ1v) is 5.92. The van der Waals surface area contributed by atoms with Crippen LogP contribution in [0, 0.1) is 11.6 Å². The Kier molecular flexibility index (Phi) is 4.07. The summed E-state index contributed by atoms with van der Waals surface area (Å²) in [7, 11) is 0. The standard InChI is InChI=1S/C13H17F2NO/c1-10-2-4-17-5-3-16(10)9-11-6-12(14)8-13(15)7-11/h6-8,10H,2-5,9H2,1H3/t10-/m0/s1. The molecule has 0 N–H and O–H groups in total. The second kappa shape index (κ2) is 5.56. The summed E-state index contributed by atoms with van der Waals surface area (Å²) in [5.41, 5.74) is 0.677. The summed E-state index contributed by atoms with van der Waals surface area (Å²) in [5.74, 6) is -1.03. The van der Waals surface area contributed by atoms with E-state index in [0.717, 1.165) is 25.6 Å². The van der Waals surface area contributed by atoms with Gasteiger partial charge < -0.3 is 4.74 Å². The summed E-state index contributed by atoms with van der Waals surface area (Å²) >= 11 is 0. The van der Waals surface area contributed by atoms with E-state index >= 15 is 0 Å². The van der Waals surface area contributed by atoms with E-state index in [4.69, 9.17) is 4.74 Å². The molecule has 1 aromatic rings. The second-order valence-corrected chi connectivity index (χ2v) is 4.50. The molecule has 0 aromatic heterocycles. The molecule has 1 aliphatic heterocycles. The zero-order valence-corrected chi connectivity index (χ0v) is 9.96. The van der Waals surface area contributed by atoms with Crippen LogP contribution in [0.15, 0.2) is 18.2 Å². The largest absolute Gasteiger partial charge is 0.380 e. The van der Waals surface area contributed by atoms with Gasteiger partial charge in [0.05, 0.1) is 6.61 Å². The summed E-state index contributed by atoms with van der Waals surface area (Å²) in [6.45, 7) is 4.93. The Morgan fingerprint density at radius 1 is 1.24 bits per heavy atom. The number of halogens is 2. The molecular weight excluding hydrogens is 224 g/mol. The van der Waals surface area contributed by atoms with Gasteiger partial charge in [-0.25, -0.2) is 8.78 Å². The molecule has 2 rings (SSSR count). The highest BCUT2D eigenvalue weighted by Crippen LogP contribution is 2.15. The molecule has 94 valence electrons. The predicted octanol–water partition coefficient (Wildman–Crippen LogP) is 2.58. The lowest BCUT2D eigenvalue weighted by molar-refractivity contribution is 0.139. The van der Waals surface area contributed by atoms with E-state index in [2.05, 4.69) is 11.8 Å². The zero-order valence-electron chi connectivity index (χ0n) is 9.96. The molecule has 4 heteroatoms. The van der Waals surface area contributed by atoms with Crippen molar-refractivity contribution in [1.29, 1.82) is 0 Å². The van der Waals surface area contributed by atoms with Crippen molar-refractivity contribution in [1.82, 2.24) is 4.90 Å². The van der Waals surface area contributed by atoms with Gasteiger partial charge in [-0.3, -0.25) is 4.90 Å². The lowest BCUT2D eigenvalue weighted by Crippen LogP contribution is -2.33. The quantitative estimate of drug-likeness (QED) is 0.789. The van der Waals surface area contributed by atoms with Gasteiger partial charge in [-0.2, -0.15) is 0 Å². The van der Waals surface area contributed by atoms with Crippen LogP contribution < -0.4 is 0 Å². The van der Waals surface area contributed by atoms with E-state index in [0.29, 0.717) is 24.8 Å². The Hall–Kier alpha value is -1.00. The summed E-state index contributed by atoms with van der Waals surface area (Å²) in [6, 6.07) is 4.06. The van der Waals surface area contributed by atoms with E-state index in [1.54, 1.807) is 0 Å². The first-order chi connectivity index (χ1) is 8.15. The summed E-state index contributed by atoms with van der Waals surface area (Å²) in [6.07, 6.45) is 0.956. The van der Waals surface area contributed by atoms with Crippen molar-refractivity contribution in [2.45, 2.75) is 25.9 Å². The molecule has 2 nitrogen and oxygen atoms in total. The molecule has 0 aliphatic carbocycles. The third kappa shape index (κ3) is 3.48. The summed E-state index contributed by atoms with van der Waals surface area (Å²) in [4.78, 5) is 2.20. The van der Waals surface area contributed by atoms with Gasteiger partial charge in [0, 0.05) is 31.8 Å². The number of rotatable bonds is 2. The Bertz CT molecular complexity index is 363. The van der Waals surface area contributed by atoms with Crippen LogP contribution in [0.25, 0.3) is 0 Å². The molecule has 1 heterocycles. The fourth-order valence-electron chi connectivity index (χ4n) is 2.11. The molecule has 1 saturated heterocycles. The highest BCUT2D eigenvalue weighted by atomic mass is 19.1. The maximum Gasteiger partial charge on any atom is 0.126 e. The van der Waals surface area contributed by atoms with Crippen LogP contribution in [0.3, 0.4) is 0 Å². The SMILES string of the molecule is C[C@H]1CCOCCN1Cc1cc(F)cc(F)c1. The fourth-order valence-corrected chi connectivity index (χ4v) is 2.11. The first kappa shape index (κ1) is 12.5. The third-order valence-electron chi connectivity index (χ3n) is 3.13. The van der Waals surface area contributed by atoms with Crippen molar-refractivity contribution in [3.05, 3.63) is 35.4 Å². The zero-order chi connectivity index (χ0) is 12.3. The van der Waals surface area contributed by atoms with Crippen LogP contribution >= 0.6 is 0 Å². The van der Waals surface area contributed by atoms with Crippen molar-refractivity contribution in [3.8, 4) is 0 Å². The minimum atomic E-state index is -0.515. The van der Waals surface area contributed by atoms with E-state index in [1.165, 1.54) is 12.1 Å². The fraction of sp³-hybridized carbons (Fsp3) is 0.538. The molecule has 1 aliphatic rings. The second-order valence-electron chi connectivity index (χ2n) is 4.50. The number of ether oxygens (including phenoxy) is 1.